The van der Waals surface area contributed by atoms with Crippen LogP contribution < -0.4 is 5.32 Å². The van der Waals surface area contributed by atoms with Crippen molar-refractivity contribution in [3.8, 4) is 0 Å². The summed E-state index contributed by atoms with van der Waals surface area (Å²) in [5.74, 6) is 0.691. The number of rotatable bonds is 4. The Kier molecular flexibility index (Phi) is 4.97. The highest BCUT2D eigenvalue weighted by Crippen LogP contribution is 2.45. The summed E-state index contributed by atoms with van der Waals surface area (Å²) in [7, 11) is 0. The zero-order chi connectivity index (χ0) is 14.7. The van der Waals surface area contributed by atoms with Crippen molar-refractivity contribution in [3.05, 3.63) is 16.1 Å². The van der Waals surface area contributed by atoms with Crippen molar-refractivity contribution < 1.29 is 4.74 Å². The molecule has 1 aliphatic heterocycles. The van der Waals surface area contributed by atoms with E-state index in [0.717, 1.165) is 13.2 Å². The Morgan fingerprint density at radius 3 is 2.90 bits per heavy atom. The predicted octanol–water partition coefficient (Wildman–Crippen LogP) is 4.23. The summed E-state index contributed by atoms with van der Waals surface area (Å²) < 4.78 is 6.27. The second kappa shape index (κ2) is 6.76. The van der Waals surface area contributed by atoms with Gasteiger partial charge in [0.1, 0.15) is 0 Å². The normalized spacial score (nSPS) is 26.9. The van der Waals surface area contributed by atoms with E-state index >= 15 is 0 Å². The minimum absolute atomic E-state index is 0.188. The number of nitrogens with zero attached hydrogens (tertiary/aromatic N) is 1. The van der Waals surface area contributed by atoms with E-state index in [1.54, 1.807) is 0 Å². The number of ether oxygens (including phenoxy) is 1. The molecule has 4 heteroatoms. The molecule has 2 aliphatic rings. The SMILES string of the molecule is CCNC(c1scnc1C)C1CCOC2(CCCCC2)C1. The summed E-state index contributed by atoms with van der Waals surface area (Å²) >= 11 is 1.81. The van der Waals surface area contributed by atoms with Crippen LogP contribution in [0.15, 0.2) is 5.51 Å². The molecule has 1 N–H and O–H groups in total. The molecule has 1 aromatic rings. The Labute approximate surface area is 132 Å². The predicted molar refractivity (Wildman–Crippen MR) is 87.8 cm³/mol. The van der Waals surface area contributed by atoms with Gasteiger partial charge in [0.05, 0.1) is 16.8 Å². The molecule has 0 radical (unpaired) electrons. The van der Waals surface area contributed by atoms with Gasteiger partial charge in [-0.25, -0.2) is 4.98 Å². The molecule has 1 spiro atoms. The van der Waals surface area contributed by atoms with Crippen LogP contribution in [0.2, 0.25) is 0 Å². The average molecular weight is 308 g/mol. The monoisotopic (exact) mass is 308 g/mol. The second-order valence-electron chi connectivity index (χ2n) is 6.68. The van der Waals surface area contributed by atoms with Gasteiger partial charge in [0.15, 0.2) is 0 Å². The number of thiazole rings is 1. The number of nitrogens with one attached hydrogen (secondary N) is 1. The molecule has 3 rings (SSSR count). The number of aryl methyl sites for hydroxylation is 1. The number of hydrogen-bond acceptors (Lipinski definition) is 4. The van der Waals surface area contributed by atoms with Crippen LogP contribution in [0.5, 0.6) is 0 Å². The fourth-order valence-electron chi connectivity index (χ4n) is 4.20. The van der Waals surface area contributed by atoms with Crippen LogP contribution in [0.25, 0.3) is 0 Å². The molecule has 2 unspecified atom stereocenters. The molecular weight excluding hydrogens is 280 g/mol. The first-order valence-corrected chi connectivity index (χ1v) is 9.39. The lowest BCUT2D eigenvalue weighted by Crippen LogP contribution is -2.44. The Hall–Kier alpha value is -0.450. The van der Waals surface area contributed by atoms with E-state index in [0.29, 0.717) is 12.0 Å². The van der Waals surface area contributed by atoms with Crippen molar-refractivity contribution in [2.45, 2.75) is 70.4 Å². The summed E-state index contributed by atoms with van der Waals surface area (Å²) in [6.07, 6.45) is 9.02. The Morgan fingerprint density at radius 1 is 1.43 bits per heavy atom. The molecule has 118 valence electrons. The van der Waals surface area contributed by atoms with Gasteiger partial charge < -0.3 is 10.1 Å². The van der Waals surface area contributed by atoms with Crippen molar-refractivity contribution in [2.75, 3.05) is 13.2 Å². The Bertz CT molecular complexity index is 448. The van der Waals surface area contributed by atoms with Crippen molar-refractivity contribution in [2.24, 2.45) is 5.92 Å². The molecule has 2 fully saturated rings. The minimum atomic E-state index is 0.188. The molecule has 21 heavy (non-hydrogen) atoms. The van der Waals surface area contributed by atoms with E-state index in [-0.39, 0.29) is 5.60 Å². The third-order valence-electron chi connectivity index (χ3n) is 5.26. The number of aromatic nitrogens is 1. The van der Waals surface area contributed by atoms with Crippen molar-refractivity contribution in [3.63, 3.8) is 0 Å². The van der Waals surface area contributed by atoms with Crippen molar-refractivity contribution in [1.82, 2.24) is 10.3 Å². The van der Waals surface area contributed by atoms with Gasteiger partial charge in [-0.15, -0.1) is 11.3 Å². The molecule has 0 aromatic carbocycles. The van der Waals surface area contributed by atoms with E-state index in [1.807, 2.05) is 16.8 Å². The molecule has 1 saturated heterocycles. The zero-order valence-corrected chi connectivity index (χ0v) is 14.2. The van der Waals surface area contributed by atoms with Crippen molar-refractivity contribution in [1.29, 1.82) is 0 Å². The van der Waals surface area contributed by atoms with Crippen LogP contribution in [-0.4, -0.2) is 23.7 Å². The van der Waals surface area contributed by atoms with Gasteiger partial charge in [0.2, 0.25) is 0 Å². The van der Waals surface area contributed by atoms with Crippen LogP contribution in [-0.2, 0) is 4.74 Å². The molecule has 2 atom stereocenters. The van der Waals surface area contributed by atoms with Gasteiger partial charge >= 0.3 is 0 Å². The molecular formula is C17H28N2OS. The molecule has 1 aromatic heterocycles. The van der Waals surface area contributed by atoms with E-state index in [4.69, 9.17) is 4.74 Å². The highest BCUT2D eigenvalue weighted by atomic mass is 32.1. The Morgan fingerprint density at radius 2 is 2.24 bits per heavy atom. The average Bonchev–Trinajstić information content (AvgIpc) is 2.91. The summed E-state index contributed by atoms with van der Waals surface area (Å²) in [6, 6.07) is 0.463. The first-order chi connectivity index (χ1) is 10.2. The highest BCUT2D eigenvalue weighted by molar-refractivity contribution is 7.09. The maximum absolute atomic E-state index is 6.27. The van der Waals surface area contributed by atoms with Gasteiger partial charge in [-0.05, 0) is 45.1 Å². The van der Waals surface area contributed by atoms with Crippen LogP contribution in [0.4, 0.5) is 0 Å². The van der Waals surface area contributed by atoms with Crippen LogP contribution in [0, 0.1) is 12.8 Å². The standard InChI is InChI=1S/C17H28N2OS/c1-3-18-15(16-13(2)19-12-21-16)14-7-10-20-17(11-14)8-5-4-6-9-17/h12,14-15,18H,3-11H2,1-2H3. The molecule has 1 saturated carbocycles. The summed E-state index contributed by atoms with van der Waals surface area (Å²) in [5, 5.41) is 3.73. The largest absolute Gasteiger partial charge is 0.375 e. The lowest BCUT2D eigenvalue weighted by molar-refractivity contribution is -0.122. The second-order valence-corrected chi connectivity index (χ2v) is 7.57. The Balaban J connectivity index is 1.77. The van der Waals surface area contributed by atoms with E-state index < -0.39 is 0 Å². The maximum Gasteiger partial charge on any atom is 0.0798 e. The van der Waals surface area contributed by atoms with Crippen LogP contribution >= 0.6 is 11.3 Å². The smallest absolute Gasteiger partial charge is 0.0798 e. The van der Waals surface area contributed by atoms with Gasteiger partial charge in [-0.1, -0.05) is 26.2 Å². The molecule has 1 aliphatic carbocycles. The third kappa shape index (κ3) is 3.33. The quantitative estimate of drug-likeness (QED) is 0.903. The van der Waals surface area contributed by atoms with E-state index in [9.17, 15) is 0 Å². The van der Waals surface area contributed by atoms with Gasteiger partial charge in [-0.3, -0.25) is 0 Å². The van der Waals surface area contributed by atoms with Crippen LogP contribution in [0.3, 0.4) is 0 Å². The fourth-order valence-corrected chi connectivity index (χ4v) is 5.17. The van der Waals surface area contributed by atoms with Gasteiger partial charge in [0.25, 0.3) is 0 Å². The zero-order valence-electron chi connectivity index (χ0n) is 13.4. The third-order valence-corrected chi connectivity index (χ3v) is 6.27. The van der Waals surface area contributed by atoms with E-state index in [1.165, 1.54) is 55.5 Å². The maximum atomic E-state index is 6.27. The summed E-state index contributed by atoms with van der Waals surface area (Å²) in [5.41, 5.74) is 3.38. The van der Waals surface area contributed by atoms with Crippen molar-refractivity contribution >= 4 is 11.3 Å². The van der Waals surface area contributed by atoms with Gasteiger partial charge in [-0.2, -0.15) is 0 Å². The highest BCUT2D eigenvalue weighted by Gasteiger charge is 2.41. The molecule has 0 amide bonds. The van der Waals surface area contributed by atoms with Gasteiger partial charge in [0, 0.05) is 17.5 Å². The summed E-state index contributed by atoms with van der Waals surface area (Å²) in [6.45, 7) is 6.31. The lowest BCUT2D eigenvalue weighted by atomic mass is 9.74. The van der Waals surface area contributed by atoms with E-state index in [2.05, 4.69) is 24.1 Å². The first-order valence-electron chi connectivity index (χ1n) is 8.51. The topological polar surface area (TPSA) is 34.2 Å². The molecule has 3 nitrogen and oxygen atoms in total. The summed E-state index contributed by atoms with van der Waals surface area (Å²) in [4.78, 5) is 5.91. The molecule has 0 bridgehead atoms. The number of hydrogen-bond donors (Lipinski definition) is 1. The fraction of sp³-hybridized carbons (Fsp3) is 0.824. The lowest BCUT2D eigenvalue weighted by Gasteiger charge is -2.45. The molecule has 2 heterocycles. The first kappa shape index (κ1) is 15.4. The van der Waals surface area contributed by atoms with Crippen LogP contribution in [0.1, 0.15) is 68.5 Å². The minimum Gasteiger partial charge on any atom is -0.375 e.